The fourth-order valence-electron chi connectivity index (χ4n) is 2.15. The van der Waals surface area contributed by atoms with Crippen LogP contribution in [-0.4, -0.2) is 19.1 Å². The van der Waals surface area contributed by atoms with Crippen LogP contribution in [0.1, 0.15) is 23.8 Å². The molecule has 2 rings (SSSR count). The van der Waals surface area contributed by atoms with Crippen LogP contribution < -0.4 is 10.1 Å². The third-order valence-electron chi connectivity index (χ3n) is 3.22. The molecule has 2 aromatic rings. The largest absolute Gasteiger partial charge is 0.494 e. The molecule has 3 nitrogen and oxygen atoms in total. The van der Waals surface area contributed by atoms with Gasteiger partial charge in [0.15, 0.2) is 0 Å². The van der Waals surface area contributed by atoms with Crippen molar-refractivity contribution in [3.05, 3.63) is 50.6 Å². The Morgan fingerprint density at radius 1 is 1.23 bits per heavy atom. The molecule has 118 valence electrons. The van der Waals surface area contributed by atoms with Crippen LogP contribution in [0.4, 0.5) is 0 Å². The Morgan fingerprint density at radius 3 is 2.77 bits per heavy atom. The third kappa shape index (κ3) is 5.46. The lowest BCUT2D eigenvalue weighted by atomic mass is 10.1. The second-order valence-electron chi connectivity index (χ2n) is 4.85. The first-order chi connectivity index (χ1) is 10.7. The number of carbonyl (C=O) groups excluding carboxylic acids is 1. The molecule has 1 amide bonds. The van der Waals surface area contributed by atoms with Crippen LogP contribution in [0.5, 0.6) is 5.75 Å². The minimum Gasteiger partial charge on any atom is -0.494 e. The van der Waals surface area contributed by atoms with E-state index < -0.39 is 0 Å². The first-order valence-electron chi connectivity index (χ1n) is 7.40. The Morgan fingerprint density at radius 2 is 2.05 bits per heavy atom. The summed E-state index contributed by atoms with van der Waals surface area (Å²) in [6, 6.07) is 12.0. The Bertz CT molecular complexity index is 612. The molecule has 0 aliphatic carbocycles. The van der Waals surface area contributed by atoms with Gasteiger partial charge in [-0.1, -0.05) is 18.2 Å². The van der Waals surface area contributed by atoms with Gasteiger partial charge >= 0.3 is 0 Å². The van der Waals surface area contributed by atoms with E-state index in [0.717, 1.165) is 21.5 Å². The quantitative estimate of drug-likeness (QED) is 0.743. The topological polar surface area (TPSA) is 38.3 Å². The molecule has 0 aliphatic rings. The van der Waals surface area contributed by atoms with Crippen LogP contribution in [0, 0.1) is 0 Å². The highest BCUT2D eigenvalue weighted by atomic mass is 79.9. The first-order valence-corrected chi connectivity index (χ1v) is 9.01. The maximum Gasteiger partial charge on any atom is 0.220 e. The van der Waals surface area contributed by atoms with Crippen LogP contribution in [0.3, 0.4) is 0 Å². The fourth-order valence-corrected chi connectivity index (χ4v) is 3.64. The summed E-state index contributed by atoms with van der Waals surface area (Å²) < 4.78 is 6.70. The molecule has 0 saturated carbocycles. The molecule has 0 atom stereocenters. The van der Waals surface area contributed by atoms with Gasteiger partial charge in [-0.25, -0.2) is 0 Å². The number of halogens is 1. The number of aryl methyl sites for hydroxylation is 1. The van der Waals surface area contributed by atoms with Gasteiger partial charge in [0.1, 0.15) is 5.75 Å². The summed E-state index contributed by atoms with van der Waals surface area (Å²) in [7, 11) is 0. The second kappa shape index (κ2) is 8.96. The van der Waals surface area contributed by atoms with E-state index in [9.17, 15) is 4.79 Å². The zero-order valence-corrected chi connectivity index (χ0v) is 15.0. The molecule has 1 heterocycles. The van der Waals surface area contributed by atoms with Gasteiger partial charge in [-0.2, -0.15) is 0 Å². The molecule has 5 heteroatoms. The van der Waals surface area contributed by atoms with E-state index in [4.69, 9.17) is 4.74 Å². The summed E-state index contributed by atoms with van der Waals surface area (Å²) in [5.41, 5.74) is 1.08. The monoisotopic (exact) mass is 381 g/mol. The van der Waals surface area contributed by atoms with E-state index in [1.54, 1.807) is 11.3 Å². The van der Waals surface area contributed by atoms with Gasteiger partial charge in [-0.05, 0) is 59.5 Å². The normalized spacial score (nSPS) is 10.5. The molecule has 22 heavy (non-hydrogen) atoms. The van der Waals surface area contributed by atoms with Crippen molar-refractivity contribution in [2.75, 3.05) is 13.2 Å². The predicted molar refractivity (Wildman–Crippen MR) is 94.7 cm³/mol. The molecule has 0 aliphatic heterocycles. The van der Waals surface area contributed by atoms with Gasteiger partial charge in [0.2, 0.25) is 5.91 Å². The molecular formula is C17H20BrNO2S. The average molecular weight is 382 g/mol. The number of ether oxygens (including phenoxy) is 1. The van der Waals surface area contributed by atoms with Gasteiger partial charge in [-0.15, -0.1) is 11.3 Å². The molecule has 0 spiro atoms. The summed E-state index contributed by atoms with van der Waals surface area (Å²) in [4.78, 5) is 13.2. The van der Waals surface area contributed by atoms with Crippen LogP contribution in [0.25, 0.3) is 0 Å². The Hall–Kier alpha value is -1.33. The molecule has 1 N–H and O–H groups in total. The van der Waals surface area contributed by atoms with E-state index in [1.165, 1.54) is 4.88 Å². The smallest absolute Gasteiger partial charge is 0.220 e. The lowest BCUT2D eigenvalue weighted by molar-refractivity contribution is -0.121. The molecule has 0 bridgehead atoms. The lowest BCUT2D eigenvalue weighted by Crippen LogP contribution is -2.25. The number of hydrogen-bond donors (Lipinski definition) is 1. The molecule has 0 fully saturated rings. The zero-order chi connectivity index (χ0) is 15.8. The van der Waals surface area contributed by atoms with E-state index in [2.05, 4.69) is 27.3 Å². The Labute approximate surface area is 143 Å². The van der Waals surface area contributed by atoms with Crippen molar-refractivity contribution in [1.82, 2.24) is 5.32 Å². The molecular weight excluding hydrogens is 362 g/mol. The summed E-state index contributed by atoms with van der Waals surface area (Å²) in [5, 5.41) is 2.97. The van der Waals surface area contributed by atoms with Crippen molar-refractivity contribution in [2.24, 2.45) is 0 Å². The Balaban J connectivity index is 1.73. The van der Waals surface area contributed by atoms with Crippen molar-refractivity contribution < 1.29 is 9.53 Å². The number of amides is 1. The second-order valence-corrected chi connectivity index (χ2v) is 7.39. The van der Waals surface area contributed by atoms with Gasteiger partial charge in [0, 0.05) is 17.8 Å². The molecule has 1 aromatic heterocycles. The third-order valence-corrected chi connectivity index (χ3v) is 4.90. The van der Waals surface area contributed by atoms with E-state index in [-0.39, 0.29) is 5.91 Å². The number of hydrogen-bond acceptors (Lipinski definition) is 3. The van der Waals surface area contributed by atoms with Crippen LogP contribution in [0.2, 0.25) is 0 Å². The van der Waals surface area contributed by atoms with Crippen LogP contribution in [0.15, 0.2) is 40.2 Å². The van der Waals surface area contributed by atoms with Crippen molar-refractivity contribution in [2.45, 2.75) is 26.2 Å². The number of para-hydroxylation sites is 1. The lowest BCUT2D eigenvalue weighted by Gasteiger charge is -2.10. The van der Waals surface area contributed by atoms with Crippen LogP contribution in [-0.2, 0) is 17.6 Å². The van der Waals surface area contributed by atoms with Gasteiger partial charge < -0.3 is 10.1 Å². The van der Waals surface area contributed by atoms with Crippen LogP contribution >= 0.6 is 27.3 Å². The van der Waals surface area contributed by atoms with Gasteiger partial charge in [-0.3, -0.25) is 4.79 Å². The number of carbonyl (C=O) groups is 1. The van der Waals surface area contributed by atoms with Gasteiger partial charge in [0.25, 0.3) is 0 Å². The highest BCUT2D eigenvalue weighted by Crippen LogP contribution is 2.22. The summed E-state index contributed by atoms with van der Waals surface area (Å²) in [5.74, 6) is 0.961. The highest BCUT2D eigenvalue weighted by Gasteiger charge is 2.06. The minimum absolute atomic E-state index is 0.0851. The molecule has 0 radical (unpaired) electrons. The van der Waals surface area contributed by atoms with Crippen molar-refractivity contribution in [3.8, 4) is 5.75 Å². The molecule has 1 aromatic carbocycles. The number of rotatable bonds is 8. The highest BCUT2D eigenvalue weighted by molar-refractivity contribution is 9.11. The Kier molecular flexibility index (Phi) is 6.93. The van der Waals surface area contributed by atoms with Gasteiger partial charge in [0.05, 0.1) is 10.4 Å². The van der Waals surface area contributed by atoms with Crippen molar-refractivity contribution >= 4 is 33.2 Å². The fraction of sp³-hybridized carbons (Fsp3) is 0.353. The minimum atomic E-state index is 0.0851. The predicted octanol–water partition coefficient (Wildman–Crippen LogP) is 4.20. The first kappa shape index (κ1) is 17.0. The maximum absolute atomic E-state index is 11.9. The number of benzene rings is 1. The van der Waals surface area contributed by atoms with E-state index in [1.807, 2.05) is 37.3 Å². The van der Waals surface area contributed by atoms with Crippen molar-refractivity contribution in [3.63, 3.8) is 0 Å². The average Bonchev–Trinajstić information content (AvgIpc) is 2.92. The zero-order valence-electron chi connectivity index (χ0n) is 12.6. The standard InChI is InChI=1S/C17H20BrNO2S/c1-2-21-15-6-4-3-5-13(15)7-10-17(20)19-12-11-14-8-9-16(18)22-14/h3-6,8-9H,2,7,10-12H2,1H3,(H,19,20). The summed E-state index contributed by atoms with van der Waals surface area (Å²) in [6.45, 7) is 3.28. The molecule has 0 saturated heterocycles. The number of thiophene rings is 1. The molecule has 0 unspecified atom stereocenters. The van der Waals surface area contributed by atoms with Crippen molar-refractivity contribution in [1.29, 1.82) is 0 Å². The summed E-state index contributed by atoms with van der Waals surface area (Å²) in [6.07, 6.45) is 2.06. The van der Waals surface area contributed by atoms with E-state index in [0.29, 0.717) is 26.0 Å². The SMILES string of the molecule is CCOc1ccccc1CCC(=O)NCCc1ccc(Br)s1. The maximum atomic E-state index is 11.9. The van der Waals surface area contributed by atoms with E-state index >= 15 is 0 Å². The summed E-state index contributed by atoms with van der Waals surface area (Å²) >= 11 is 5.15. The number of nitrogens with one attached hydrogen (secondary N) is 1.